The van der Waals surface area contributed by atoms with E-state index < -0.39 is 17.2 Å². The fourth-order valence-electron chi connectivity index (χ4n) is 3.00. The van der Waals surface area contributed by atoms with Crippen molar-refractivity contribution in [2.24, 2.45) is 0 Å². The second-order valence-electron chi connectivity index (χ2n) is 5.36. The van der Waals surface area contributed by atoms with Crippen molar-refractivity contribution in [2.45, 2.75) is 17.9 Å². The standard InChI is InChI=1S/C14H16F2N2O2/c15-11-2-1-9(5-12(11)16)10-6-17-7-14(10)8-20-4-3-13(19)18-14/h1-2,5,10,17H,3-4,6-8H2,(H,18,19)/t10-,14-/m0/s1. The van der Waals surface area contributed by atoms with Gasteiger partial charge in [0.1, 0.15) is 0 Å². The van der Waals surface area contributed by atoms with E-state index in [0.717, 1.165) is 6.07 Å². The fourth-order valence-corrected chi connectivity index (χ4v) is 3.00. The zero-order valence-electron chi connectivity index (χ0n) is 10.9. The van der Waals surface area contributed by atoms with Crippen LogP contribution >= 0.6 is 0 Å². The zero-order valence-corrected chi connectivity index (χ0v) is 10.9. The summed E-state index contributed by atoms with van der Waals surface area (Å²) >= 11 is 0. The molecule has 20 heavy (non-hydrogen) atoms. The second-order valence-corrected chi connectivity index (χ2v) is 5.36. The number of hydrogen-bond acceptors (Lipinski definition) is 3. The lowest BCUT2D eigenvalue weighted by molar-refractivity contribution is -0.122. The molecule has 2 fully saturated rings. The topological polar surface area (TPSA) is 50.4 Å². The van der Waals surface area contributed by atoms with E-state index in [1.54, 1.807) is 6.07 Å². The maximum Gasteiger partial charge on any atom is 0.222 e. The van der Waals surface area contributed by atoms with E-state index in [1.807, 2.05) is 0 Å². The molecule has 1 aromatic carbocycles. The van der Waals surface area contributed by atoms with Crippen molar-refractivity contribution in [2.75, 3.05) is 26.3 Å². The Morgan fingerprint density at radius 1 is 1.30 bits per heavy atom. The molecule has 4 nitrogen and oxygen atoms in total. The van der Waals surface area contributed by atoms with Crippen LogP contribution in [-0.2, 0) is 9.53 Å². The predicted octanol–water partition coefficient (Wildman–Crippen LogP) is 0.927. The molecule has 0 aliphatic carbocycles. The molecule has 0 bridgehead atoms. The molecule has 1 aromatic rings. The number of nitrogens with one attached hydrogen (secondary N) is 2. The van der Waals surface area contributed by atoms with E-state index in [4.69, 9.17) is 4.74 Å². The first-order valence-electron chi connectivity index (χ1n) is 6.65. The van der Waals surface area contributed by atoms with Gasteiger partial charge in [-0.15, -0.1) is 0 Å². The average molecular weight is 282 g/mol. The maximum absolute atomic E-state index is 13.4. The molecule has 2 atom stereocenters. The highest BCUT2D eigenvalue weighted by Crippen LogP contribution is 2.34. The van der Waals surface area contributed by atoms with Gasteiger partial charge in [0.05, 0.1) is 18.8 Å². The lowest BCUT2D eigenvalue weighted by Crippen LogP contribution is -2.55. The molecule has 0 radical (unpaired) electrons. The van der Waals surface area contributed by atoms with Gasteiger partial charge in [-0.3, -0.25) is 4.79 Å². The molecular formula is C14H16F2N2O2. The van der Waals surface area contributed by atoms with Gasteiger partial charge in [0.2, 0.25) is 5.91 Å². The number of ether oxygens (including phenoxy) is 1. The van der Waals surface area contributed by atoms with Gasteiger partial charge in [0.25, 0.3) is 0 Å². The van der Waals surface area contributed by atoms with Gasteiger partial charge in [0, 0.05) is 25.4 Å². The maximum atomic E-state index is 13.4. The Balaban J connectivity index is 1.94. The number of rotatable bonds is 1. The predicted molar refractivity (Wildman–Crippen MR) is 68.3 cm³/mol. The van der Waals surface area contributed by atoms with Gasteiger partial charge in [-0.2, -0.15) is 0 Å². The highest BCUT2D eigenvalue weighted by Gasteiger charge is 2.46. The molecular weight excluding hydrogens is 266 g/mol. The molecule has 1 amide bonds. The summed E-state index contributed by atoms with van der Waals surface area (Å²) in [7, 11) is 0. The Morgan fingerprint density at radius 2 is 2.15 bits per heavy atom. The monoisotopic (exact) mass is 282 g/mol. The van der Waals surface area contributed by atoms with Crippen LogP contribution < -0.4 is 10.6 Å². The Kier molecular flexibility index (Phi) is 3.43. The number of amides is 1. The number of hydrogen-bond donors (Lipinski definition) is 2. The van der Waals surface area contributed by atoms with Gasteiger partial charge in [-0.05, 0) is 17.7 Å². The molecule has 2 aliphatic heterocycles. The van der Waals surface area contributed by atoms with E-state index in [9.17, 15) is 13.6 Å². The van der Waals surface area contributed by atoms with E-state index in [2.05, 4.69) is 10.6 Å². The minimum atomic E-state index is -0.870. The molecule has 2 heterocycles. The van der Waals surface area contributed by atoms with Crippen LogP contribution in [0.2, 0.25) is 0 Å². The Hall–Kier alpha value is -1.53. The van der Waals surface area contributed by atoms with Crippen LogP contribution in [-0.4, -0.2) is 37.7 Å². The molecule has 0 saturated carbocycles. The minimum Gasteiger partial charge on any atom is -0.378 e. The Morgan fingerprint density at radius 3 is 2.95 bits per heavy atom. The molecule has 2 saturated heterocycles. The van der Waals surface area contributed by atoms with Gasteiger partial charge in [-0.1, -0.05) is 6.07 Å². The molecule has 108 valence electrons. The lowest BCUT2D eigenvalue weighted by Gasteiger charge is -2.34. The summed E-state index contributed by atoms with van der Waals surface area (Å²) in [5.74, 6) is -1.95. The van der Waals surface area contributed by atoms with Gasteiger partial charge < -0.3 is 15.4 Å². The van der Waals surface area contributed by atoms with Crippen LogP contribution in [0.1, 0.15) is 17.9 Å². The van der Waals surface area contributed by atoms with Crippen LogP contribution in [0.3, 0.4) is 0 Å². The number of carbonyl (C=O) groups excluding carboxylic acids is 1. The molecule has 0 aromatic heterocycles. The van der Waals surface area contributed by atoms with Gasteiger partial charge in [-0.25, -0.2) is 8.78 Å². The second kappa shape index (κ2) is 5.10. The molecule has 2 aliphatic rings. The summed E-state index contributed by atoms with van der Waals surface area (Å²) in [5.41, 5.74) is 0.0809. The normalized spacial score (nSPS) is 30.3. The van der Waals surface area contributed by atoms with E-state index in [-0.39, 0.29) is 11.8 Å². The van der Waals surface area contributed by atoms with Crippen molar-refractivity contribution >= 4 is 5.91 Å². The number of benzene rings is 1. The summed E-state index contributed by atoms with van der Waals surface area (Å²) < 4.78 is 32.0. The summed E-state index contributed by atoms with van der Waals surface area (Å²) in [6, 6.07) is 3.89. The third kappa shape index (κ3) is 2.29. The van der Waals surface area contributed by atoms with E-state index in [1.165, 1.54) is 6.07 Å². The number of halogens is 2. The highest BCUT2D eigenvalue weighted by atomic mass is 19.2. The molecule has 2 N–H and O–H groups in total. The highest BCUT2D eigenvalue weighted by molar-refractivity contribution is 5.77. The van der Waals surface area contributed by atoms with Crippen molar-refractivity contribution < 1.29 is 18.3 Å². The quantitative estimate of drug-likeness (QED) is 0.805. The Labute approximate surface area is 115 Å². The van der Waals surface area contributed by atoms with Crippen molar-refractivity contribution in [1.82, 2.24) is 10.6 Å². The lowest BCUT2D eigenvalue weighted by atomic mass is 9.82. The molecule has 0 unspecified atom stereocenters. The van der Waals surface area contributed by atoms with Gasteiger partial charge in [0.15, 0.2) is 11.6 Å². The van der Waals surface area contributed by atoms with Crippen LogP contribution in [0.4, 0.5) is 8.78 Å². The minimum absolute atomic E-state index is 0.0706. The van der Waals surface area contributed by atoms with Crippen molar-refractivity contribution in [3.8, 4) is 0 Å². The first kappa shape index (κ1) is 13.5. The first-order chi connectivity index (χ1) is 9.61. The number of carbonyl (C=O) groups is 1. The largest absolute Gasteiger partial charge is 0.378 e. The SMILES string of the molecule is O=C1CCOC[C@]2(CNC[C@H]2c2ccc(F)c(F)c2)N1. The first-order valence-corrected chi connectivity index (χ1v) is 6.65. The molecule has 6 heteroatoms. The Bertz CT molecular complexity index is 538. The van der Waals surface area contributed by atoms with Crippen molar-refractivity contribution in [3.05, 3.63) is 35.4 Å². The summed E-state index contributed by atoms with van der Waals surface area (Å²) in [6.07, 6.45) is 0.326. The van der Waals surface area contributed by atoms with E-state index >= 15 is 0 Å². The zero-order chi connectivity index (χ0) is 14.2. The third-order valence-corrected chi connectivity index (χ3v) is 4.02. The van der Waals surface area contributed by atoms with Crippen LogP contribution in [0.15, 0.2) is 18.2 Å². The third-order valence-electron chi connectivity index (χ3n) is 4.02. The molecule has 1 spiro atoms. The van der Waals surface area contributed by atoms with Gasteiger partial charge >= 0.3 is 0 Å². The van der Waals surface area contributed by atoms with E-state index in [0.29, 0.717) is 38.3 Å². The van der Waals surface area contributed by atoms with Crippen molar-refractivity contribution in [3.63, 3.8) is 0 Å². The molecule has 3 rings (SSSR count). The summed E-state index contributed by atoms with van der Waals surface area (Å²) in [4.78, 5) is 11.8. The van der Waals surface area contributed by atoms with Crippen molar-refractivity contribution in [1.29, 1.82) is 0 Å². The average Bonchev–Trinajstić information content (AvgIpc) is 2.71. The van der Waals surface area contributed by atoms with Crippen LogP contribution in [0.5, 0.6) is 0 Å². The van der Waals surface area contributed by atoms with Crippen LogP contribution in [0, 0.1) is 11.6 Å². The summed E-state index contributed by atoms with van der Waals surface area (Å²) in [6.45, 7) is 1.91. The van der Waals surface area contributed by atoms with Crippen LogP contribution in [0.25, 0.3) is 0 Å². The fraction of sp³-hybridized carbons (Fsp3) is 0.500. The summed E-state index contributed by atoms with van der Waals surface area (Å²) in [5, 5.41) is 6.20. The smallest absolute Gasteiger partial charge is 0.222 e.